The molecule has 1 aromatic carbocycles. The Morgan fingerprint density at radius 3 is 3.10 bits per heavy atom. The van der Waals surface area contributed by atoms with Gasteiger partial charge in [0.15, 0.2) is 0 Å². The Kier molecular flexibility index (Phi) is 5.29. The number of hydrogen-bond acceptors (Lipinski definition) is 4. The average molecular weight is 290 g/mol. The van der Waals surface area contributed by atoms with Crippen LogP contribution in [0.2, 0.25) is 0 Å². The molecule has 0 radical (unpaired) electrons. The zero-order valence-electron chi connectivity index (χ0n) is 12.1. The molecule has 5 heteroatoms. The number of benzene rings is 1. The first kappa shape index (κ1) is 15.5. The number of nitrogens with zero attached hydrogens (tertiary/aromatic N) is 2. The number of esters is 1. The monoisotopic (exact) mass is 290 g/mol. The van der Waals surface area contributed by atoms with Gasteiger partial charge in [-0.1, -0.05) is 0 Å². The van der Waals surface area contributed by atoms with Crippen molar-refractivity contribution in [2.75, 3.05) is 19.7 Å². The predicted octanol–water partition coefficient (Wildman–Crippen LogP) is 2.47. The number of rotatable bonds is 4. The van der Waals surface area contributed by atoms with Crippen LogP contribution in [0.15, 0.2) is 18.2 Å². The normalized spacial score (nSPS) is 19.0. The van der Waals surface area contributed by atoms with E-state index < -0.39 is 0 Å². The van der Waals surface area contributed by atoms with Crippen LogP contribution in [0.4, 0.5) is 4.39 Å². The lowest BCUT2D eigenvalue weighted by Crippen LogP contribution is -2.39. The Morgan fingerprint density at radius 1 is 1.57 bits per heavy atom. The summed E-state index contributed by atoms with van der Waals surface area (Å²) in [7, 11) is 0. The van der Waals surface area contributed by atoms with Gasteiger partial charge in [-0.15, -0.1) is 0 Å². The summed E-state index contributed by atoms with van der Waals surface area (Å²) in [5.74, 6) is -0.636. The molecular weight excluding hydrogens is 271 g/mol. The molecule has 1 atom stereocenters. The predicted molar refractivity (Wildman–Crippen MR) is 75.7 cm³/mol. The first-order chi connectivity index (χ1) is 10.1. The number of carbonyl (C=O) groups is 1. The van der Waals surface area contributed by atoms with Crippen molar-refractivity contribution in [3.05, 3.63) is 35.1 Å². The first-order valence-corrected chi connectivity index (χ1v) is 7.21. The second-order valence-electron chi connectivity index (χ2n) is 5.24. The fourth-order valence-corrected chi connectivity index (χ4v) is 2.69. The minimum absolute atomic E-state index is 0.127. The summed E-state index contributed by atoms with van der Waals surface area (Å²) in [4.78, 5) is 13.9. The van der Waals surface area contributed by atoms with Gasteiger partial charge in [-0.2, -0.15) is 5.26 Å². The minimum Gasteiger partial charge on any atom is -0.466 e. The highest BCUT2D eigenvalue weighted by Gasteiger charge is 2.27. The van der Waals surface area contributed by atoms with Crippen molar-refractivity contribution in [1.29, 1.82) is 5.26 Å². The Morgan fingerprint density at radius 2 is 2.38 bits per heavy atom. The maximum Gasteiger partial charge on any atom is 0.310 e. The van der Waals surface area contributed by atoms with E-state index in [1.165, 1.54) is 18.2 Å². The molecule has 0 aliphatic carbocycles. The van der Waals surface area contributed by atoms with E-state index in [0.717, 1.165) is 19.4 Å². The van der Waals surface area contributed by atoms with E-state index in [9.17, 15) is 9.18 Å². The molecule has 0 bridgehead atoms. The molecule has 4 nitrogen and oxygen atoms in total. The fourth-order valence-electron chi connectivity index (χ4n) is 2.69. The van der Waals surface area contributed by atoms with E-state index in [1.54, 1.807) is 6.92 Å². The number of ether oxygens (including phenoxy) is 1. The van der Waals surface area contributed by atoms with Gasteiger partial charge in [0.2, 0.25) is 0 Å². The Hall–Kier alpha value is -1.93. The topological polar surface area (TPSA) is 53.3 Å². The Balaban J connectivity index is 2.04. The number of halogens is 1. The van der Waals surface area contributed by atoms with Crippen molar-refractivity contribution in [3.63, 3.8) is 0 Å². The van der Waals surface area contributed by atoms with Crippen LogP contribution in [0.3, 0.4) is 0 Å². The van der Waals surface area contributed by atoms with Crippen LogP contribution in [0.25, 0.3) is 0 Å². The lowest BCUT2D eigenvalue weighted by atomic mass is 9.97. The second kappa shape index (κ2) is 7.19. The summed E-state index contributed by atoms with van der Waals surface area (Å²) in [5, 5.41) is 9.08. The van der Waals surface area contributed by atoms with Gasteiger partial charge in [0, 0.05) is 13.1 Å². The van der Waals surface area contributed by atoms with Crippen LogP contribution in [0.5, 0.6) is 0 Å². The van der Waals surface area contributed by atoms with Crippen molar-refractivity contribution in [2.24, 2.45) is 5.92 Å². The standard InChI is InChI=1S/C16H19FN2O2/c1-2-21-16(20)13-4-3-7-19(10-13)11-14-8-15(17)6-5-12(14)9-18/h5-6,8,13H,2-4,7,10-11H2,1H3/t13-/m0/s1. The van der Waals surface area contributed by atoms with E-state index in [0.29, 0.717) is 30.8 Å². The molecule has 0 spiro atoms. The van der Waals surface area contributed by atoms with Crippen molar-refractivity contribution < 1.29 is 13.9 Å². The maximum atomic E-state index is 13.3. The van der Waals surface area contributed by atoms with Crippen LogP contribution in [0, 0.1) is 23.1 Å². The third-order valence-corrected chi connectivity index (χ3v) is 3.71. The van der Waals surface area contributed by atoms with Crippen LogP contribution < -0.4 is 0 Å². The highest BCUT2D eigenvalue weighted by molar-refractivity contribution is 5.72. The van der Waals surface area contributed by atoms with Gasteiger partial charge in [0.1, 0.15) is 5.82 Å². The number of carbonyl (C=O) groups excluding carboxylic acids is 1. The molecule has 1 fully saturated rings. The van der Waals surface area contributed by atoms with Gasteiger partial charge >= 0.3 is 5.97 Å². The molecule has 0 N–H and O–H groups in total. The zero-order chi connectivity index (χ0) is 15.2. The largest absolute Gasteiger partial charge is 0.466 e. The van der Waals surface area contributed by atoms with E-state index in [1.807, 2.05) is 0 Å². The van der Waals surface area contributed by atoms with Gasteiger partial charge in [0.25, 0.3) is 0 Å². The van der Waals surface area contributed by atoms with E-state index in [-0.39, 0.29) is 17.7 Å². The lowest BCUT2D eigenvalue weighted by Gasteiger charge is -2.31. The van der Waals surface area contributed by atoms with E-state index in [2.05, 4.69) is 11.0 Å². The number of hydrogen-bond donors (Lipinski definition) is 0. The van der Waals surface area contributed by atoms with Gasteiger partial charge < -0.3 is 4.74 Å². The van der Waals surface area contributed by atoms with Crippen molar-refractivity contribution in [1.82, 2.24) is 4.90 Å². The van der Waals surface area contributed by atoms with Crippen molar-refractivity contribution >= 4 is 5.97 Å². The maximum absolute atomic E-state index is 13.3. The molecule has 0 saturated carbocycles. The van der Waals surface area contributed by atoms with Crippen LogP contribution in [-0.4, -0.2) is 30.6 Å². The Labute approximate surface area is 124 Å². The molecule has 1 aliphatic rings. The first-order valence-electron chi connectivity index (χ1n) is 7.21. The molecule has 1 saturated heterocycles. The third kappa shape index (κ3) is 4.02. The quantitative estimate of drug-likeness (QED) is 0.799. The molecule has 0 aromatic heterocycles. The van der Waals surface area contributed by atoms with E-state index >= 15 is 0 Å². The lowest BCUT2D eigenvalue weighted by molar-refractivity contribution is -0.150. The summed E-state index contributed by atoms with van der Waals surface area (Å²) in [5.41, 5.74) is 1.15. The van der Waals surface area contributed by atoms with Crippen LogP contribution in [0.1, 0.15) is 30.9 Å². The molecule has 1 heterocycles. The van der Waals surface area contributed by atoms with Gasteiger partial charge in [-0.3, -0.25) is 9.69 Å². The summed E-state index contributed by atoms with van der Waals surface area (Å²) in [6.45, 7) is 4.11. The summed E-state index contributed by atoms with van der Waals surface area (Å²) in [6, 6.07) is 6.27. The molecule has 1 aliphatic heterocycles. The number of nitriles is 1. The highest BCUT2D eigenvalue weighted by Crippen LogP contribution is 2.21. The average Bonchev–Trinajstić information content (AvgIpc) is 2.48. The third-order valence-electron chi connectivity index (χ3n) is 3.71. The Bertz CT molecular complexity index is 554. The number of piperidine rings is 1. The summed E-state index contributed by atoms with van der Waals surface area (Å²) >= 11 is 0. The minimum atomic E-state index is -0.344. The van der Waals surface area contributed by atoms with Crippen molar-refractivity contribution in [3.8, 4) is 6.07 Å². The molecule has 0 amide bonds. The molecule has 2 rings (SSSR count). The van der Waals surface area contributed by atoms with Crippen LogP contribution in [-0.2, 0) is 16.1 Å². The fraction of sp³-hybridized carbons (Fsp3) is 0.500. The van der Waals surface area contributed by atoms with Gasteiger partial charge in [-0.25, -0.2) is 4.39 Å². The molecule has 1 aromatic rings. The summed E-state index contributed by atoms with van der Waals surface area (Å²) < 4.78 is 18.4. The second-order valence-corrected chi connectivity index (χ2v) is 5.24. The molecule has 21 heavy (non-hydrogen) atoms. The smallest absolute Gasteiger partial charge is 0.310 e. The van der Waals surface area contributed by atoms with E-state index in [4.69, 9.17) is 10.00 Å². The molecule has 0 unspecified atom stereocenters. The number of likely N-dealkylation sites (tertiary alicyclic amines) is 1. The molecule has 112 valence electrons. The summed E-state index contributed by atoms with van der Waals surface area (Å²) in [6.07, 6.45) is 1.73. The SMILES string of the molecule is CCOC(=O)[C@H]1CCCN(Cc2cc(F)ccc2C#N)C1. The van der Waals surface area contributed by atoms with Crippen LogP contribution >= 0.6 is 0 Å². The van der Waals surface area contributed by atoms with Crippen molar-refractivity contribution in [2.45, 2.75) is 26.3 Å². The van der Waals surface area contributed by atoms with Gasteiger partial charge in [-0.05, 0) is 50.1 Å². The molecular formula is C16H19FN2O2. The highest BCUT2D eigenvalue weighted by atomic mass is 19.1. The zero-order valence-corrected chi connectivity index (χ0v) is 12.1. The van der Waals surface area contributed by atoms with Gasteiger partial charge in [0.05, 0.1) is 24.2 Å².